The number of benzene rings is 1. The number of likely N-dealkylation sites (N-methyl/N-ethyl adjacent to an activating group) is 1. The first-order chi connectivity index (χ1) is 12.1. The van der Waals surface area contributed by atoms with Crippen LogP contribution >= 0.6 is 24.0 Å². The summed E-state index contributed by atoms with van der Waals surface area (Å²) < 4.78 is 0. The Hall–Kier alpha value is -1.02. The molecule has 148 valence electrons. The summed E-state index contributed by atoms with van der Waals surface area (Å²) in [5.41, 5.74) is 2.62. The van der Waals surface area contributed by atoms with Gasteiger partial charge in [-0.1, -0.05) is 31.5 Å². The minimum Gasteiger partial charge on any atom is -0.369 e. The van der Waals surface area contributed by atoms with Gasteiger partial charge in [-0.15, -0.1) is 24.0 Å². The molecule has 1 aromatic rings. The smallest absolute Gasteiger partial charge is 0.191 e. The number of anilines is 1. The van der Waals surface area contributed by atoms with Gasteiger partial charge < -0.3 is 15.5 Å². The topological polar surface area (TPSA) is 42.9 Å². The molecule has 2 N–H and O–H groups in total. The van der Waals surface area contributed by atoms with E-state index in [4.69, 9.17) is 0 Å². The Bertz CT molecular complexity index is 542. The van der Waals surface area contributed by atoms with Crippen molar-refractivity contribution in [2.75, 3.05) is 44.7 Å². The maximum atomic E-state index is 4.40. The molecular formula is C20H36IN5. The molecule has 26 heavy (non-hydrogen) atoms. The zero-order chi connectivity index (χ0) is 18.2. The van der Waals surface area contributed by atoms with Crippen molar-refractivity contribution < 1.29 is 0 Å². The Morgan fingerprint density at radius 1 is 1.27 bits per heavy atom. The molecule has 1 aromatic carbocycles. The van der Waals surface area contributed by atoms with Crippen LogP contribution in [0.1, 0.15) is 32.8 Å². The molecule has 0 bridgehead atoms. The number of halogens is 1. The van der Waals surface area contributed by atoms with E-state index in [1.165, 1.54) is 11.3 Å². The van der Waals surface area contributed by atoms with Crippen LogP contribution in [0.4, 0.5) is 5.69 Å². The molecule has 0 spiro atoms. The summed E-state index contributed by atoms with van der Waals surface area (Å²) in [6, 6.07) is 9.75. The summed E-state index contributed by atoms with van der Waals surface area (Å²) in [7, 11) is 1.85. The normalized spacial score (nSPS) is 18.6. The van der Waals surface area contributed by atoms with Crippen LogP contribution in [0.2, 0.25) is 0 Å². The molecule has 6 heteroatoms. The van der Waals surface area contributed by atoms with Crippen molar-refractivity contribution in [3.63, 3.8) is 0 Å². The average molecular weight is 473 g/mol. The monoisotopic (exact) mass is 473 g/mol. The van der Waals surface area contributed by atoms with Crippen LogP contribution in [0.5, 0.6) is 0 Å². The fourth-order valence-corrected chi connectivity index (χ4v) is 3.48. The SMILES string of the molecule is CCN(CC)C(C)CNC(=NC)NC1CCN(c2ccc(C)cc2)C1.I. The lowest BCUT2D eigenvalue weighted by Gasteiger charge is -2.27. The number of aliphatic imine (C=N–C) groups is 1. The van der Waals surface area contributed by atoms with Crippen molar-refractivity contribution in [3.05, 3.63) is 29.8 Å². The Kier molecular flexibility index (Phi) is 10.3. The van der Waals surface area contributed by atoms with E-state index in [1.807, 2.05) is 7.05 Å². The zero-order valence-electron chi connectivity index (χ0n) is 17.0. The molecule has 1 fully saturated rings. The number of guanidine groups is 1. The lowest BCUT2D eigenvalue weighted by Crippen LogP contribution is -2.49. The quantitative estimate of drug-likeness (QED) is 0.363. The average Bonchev–Trinajstić information content (AvgIpc) is 3.08. The summed E-state index contributed by atoms with van der Waals surface area (Å²) in [6.07, 6.45) is 1.14. The second-order valence-electron chi connectivity index (χ2n) is 6.93. The molecule has 0 radical (unpaired) electrons. The van der Waals surface area contributed by atoms with Crippen LogP contribution in [0.15, 0.2) is 29.3 Å². The van der Waals surface area contributed by atoms with E-state index < -0.39 is 0 Å². The molecule has 1 aliphatic rings. The summed E-state index contributed by atoms with van der Waals surface area (Å²) in [5.74, 6) is 0.912. The van der Waals surface area contributed by atoms with Gasteiger partial charge in [-0.3, -0.25) is 9.89 Å². The van der Waals surface area contributed by atoms with Gasteiger partial charge in [0.1, 0.15) is 0 Å². The second kappa shape index (κ2) is 11.6. The van der Waals surface area contributed by atoms with Crippen LogP contribution in [0, 0.1) is 6.92 Å². The molecule has 1 saturated heterocycles. The van der Waals surface area contributed by atoms with E-state index in [0.29, 0.717) is 12.1 Å². The van der Waals surface area contributed by atoms with Crippen LogP contribution < -0.4 is 15.5 Å². The van der Waals surface area contributed by atoms with Gasteiger partial charge in [0.25, 0.3) is 0 Å². The first kappa shape index (κ1) is 23.0. The highest BCUT2D eigenvalue weighted by Gasteiger charge is 2.23. The number of rotatable bonds is 7. The van der Waals surface area contributed by atoms with Gasteiger partial charge in [-0.05, 0) is 45.5 Å². The molecule has 0 saturated carbocycles. The van der Waals surface area contributed by atoms with Crippen LogP contribution in [-0.4, -0.2) is 62.7 Å². The molecule has 2 rings (SSSR count). The minimum absolute atomic E-state index is 0. The third-order valence-corrected chi connectivity index (χ3v) is 5.15. The number of nitrogens with zero attached hydrogens (tertiary/aromatic N) is 3. The van der Waals surface area contributed by atoms with Gasteiger partial charge >= 0.3 is 0 Å². The fourth-order valence-electron chi connectivity index (χ4n) is 3.48. The molecule has 2 unspecified atom stereocenters. The molecule has 0 amide bonds. The van der Waals surface area contributed by atoms with Gasteiger partial charge in [0.2, 0.25) is 0 Å². The Morgan fingerprint density at radius 2 is 1.92 bits per heavy atom. The number of hydrogen-bond acceptors (Lipinski definition) is 3. The highest BCUT2D eigenvalue weighted by Crippen LogP contribution is 2.20. The summed E-state index contributed by atoms with van der Waals surface area (Å²) >= 11 is 0. The predicted octanol–water partition coefficient (Wildman–Crippen LogP) is 3.09. The first-order valence-corrected chi connectivity index (χ1v) is 9.60. The van der Waals surface area contributed by atoms with Crippen LogP contribution in [-0.2, 0) is 0 Å². The van der Waals surface area contributed by atoms with Gasteiger partial charge in [-0.25, -0.2) is 0 Å². The lowest BCUT2D eigenvalue weighted by molar-refractivity contribution is 0.231. The first-order valence-electron chi connectivity index (χ1n) is 9.60. The molecular weight excluding hydrogens is 437 g/mol. The maximum absolute atomic E-state index is 4.40. The van der Waals surface area contributed by atoms with E-state index in [0.717, 1.165) is 45.1 Å². The van der Waals surface area contributed by atoms with E-state index in [1.54, 1.807) is 0 Å². The van der Waals surface area contributed by atoms with Crippen molar-refractivity contribution in [1.29, 1.82) is 0 Å². The van der Waals surface area contributed by atoms with Gasteiger partial charge in [-0.2, -0.15) is 0 Å². The van der Waals surface area contributed by atoms with E-state index in [2.05, 4.69) is 77.4 Å². The van der Waals surface area contributed by atoms with Crippen LogP contribution in [0.3, 0.4) is 0 Å². The molecule has 0 aliphatic carbocycles. The lowest BCUT2D eigenvalue weighted by atomic mass is 10.2. The Morgan fingerprint density at radius 3 is 2.50 bits per heavy atom. The molecule has 5 nitrogen and oxygen atoms in total. The van der Waals surface area contributed by atoms with Crippen molar-refractivity contribution in [1.82, 2.24) is 15.5 Å². The molecule has 1 heterocycles. The van der Waals surface area contributed by atoms with Gasteiger partial charge in [0, 0.05) is 44.5 Å². The van der Waals surface area contributed by atoms with Gasteiger partial charge in [0.05, 0.1) is 0 Å². The summed E-state index contributed by atoms with van der Waals surface area (Å²) in [6.45, 7) is 14.0. The highest BCUT2D eigenvalue weighted by atomic mass is 127. The van der Waals surface area contributed by atoms with Crippen LogP contribution in [0.25, 0.3) is 0 Å². The fraction of sp³-hybridized carbons (Fsp3) is 0.650. The molecule has 2 atom stereocenters. The van der Waals surface area contributed by atoms with Gasteiger partial charge in [0.15, 0.2) is 5.96 Å². The van der Waals surface area contributed by atoms with Crippen molar-refractivity contribution in [3.8, 4) is 0 Å². The second-order valence-corrected chi connectivity index (χ2v) is 6.93. The number of hydrogen-bond donors (Lipinski definition) is 2. The zero-order valence-corrected chi connectivity index (χ0v) is 19.3. The van der Waals surface area contributed by atoms with Crippen molar-refractivity contribution in [2.24, 2.45) is 4.99 Å². The summed E-state index contributed by atoms with van der Waals surface area (Å²) in [5, 5.41) is 7.07. The Labute approximate surface area is 176 Å². The van der Waals surface area contributed by atoms with E-state index >= 15 is 0 Å². The van der Waals surface area contributed by atoms with E-state index in [9.17, 15) is 0 Å². The standard InChI is InChI=1S/C20H35N5.HI/c1-6-24(7-2)17(4)14-22-20(21-5)23-18-12-13-25(15-18)19-10-8-16(3)9-11-19;/h8-11,17-18H,6-7,12-15H2,1-5H3,(H2,21,22,23);1H. The maximum Gasteiger partial charge on any atom is 0.191 e. The largest absolute Gasteiger partial charge is 0.369 e. The Balaban J connectivity index is 0.00000338. The number of nitrogens with one attached hydrogen (secondary N) is 2. The third-order valence-electron chi connectivity index (χ3n) is 5.15. The molecule has 0 aromatic heterocycles. The van der Waals surface area contributed by atoms with E-state index in [-0.39, 0.29) is 24.0 Å². The highest BCUT2D eigenvalue weighted by molar-refractivity contribution is 14.0. The third kappa shape index (κ3) is 6.61. The predicted molar refractivity (Wildman–Crippen MR) is 124 cm³/mol. The molecule has 1 aliphatic heterocycles. The number of aryl methyl sites for hydroxylation is 1. The minimum atomic E-state index is 0. The summed E-state index contributed by atoms with van der Waals surface area (Å²) in [4.78, 5) is 9.30. The van der Waals surface area contributed by atoms with Crippen molar-refractivity contribution in [2.45, 2.75) is 46.2 Å². The van der Waals surface area contributed by atoms with Crippen molar-refractivity contribution >= 4 is 35.6 Å².